The van der Waals surface area contributed by atoms with Gasteiger partial charge in [-0.15, -0.1) is 11.3 Å². The van der Waals surface area contributed by atoms with Gasteiger partial charge in [0.15, 0.2) is 0 Å². The predicted molar refractivity (Wildman–Crippen MR) is 77.3 cm³/mol. The van der Waals surface area contributed by atoms with Crippen molar-refractivity contribution in [3.8, 4) is 0 Å². The van der Waals surface area contributed by atoms with E-state index in [1.165, 1.54) is 4.88 Å². The molecule has 5 heteroatoms. The Balaban J connectivity index is 2.18. The standard InChI is InChI=1S/C13H21ClN2OS/c1-2-10(15)13(11-4-5-12(14)18-11)16-6-3-8-17-9-7-16/h4-5,10,13H,2-3,6-9,15H2,1H3. The maximum absolute atomic E-state index is 6.32. The monoisotopic (exact) mass is 288 g/mol. The molecule has 1 aliphatic rings. The molecule has 0 spiro atoms. The maximum Gasteiger partial charge on any atom is 0.0931 e. The van der Waals surface area contributed by atoms with Crippen molar-refractivity contribution in [3.63, 3.8) is 0 Å². The number of rotatable bonds is 4. The van der Waals surface area contributed by atoms with E-state index in [-0.39, 0.29) is 12.1 Å². The summed E-state index contributed by atoms with van der Waals surface area (Å²) >= 11 is 7.70. The summed E-state index contributed by atoms with van der Waals surface area (Å²) in [7, 11) is 0. The Hall–Kier alpha value is -0.130. The highest BCUT2D eigenvalue weighted by atomic mass is 35.5. The van der Waals surface area contributed by atoms with Gasteiger partial charge in [-0.25, -0.2) is 0 Å². The van der Waals surface area contributed by atoms with Gasteiger partial charge in [-0.1, -0.05) is 18.5 Å². The Morgan fingerprint density at radius 1 is 1.44 bits per heavy atom. The topological polar surface area (TPSA) is 38.5 Å². The molecule has 2 N–H and O–H groups in total. The van der Waals surface area contributed by atoms with Crippen LogP contribution in [0.4, 0.5) is 0 Å². The van der Waals surface area contributed by atoms with Crippen molar-refractivity contribution < 1.29 is 4.74 Å². The van der Waals surface area contributed by atoms with Gasteiger partial charge in [-0.2, -0.15) is 0 Å². The zero-order valence-corrected chi connectivity index (χ0v) is 12.3. The number of nitrogens with two attached hydrogens (primary N) is 1. The van der Waals surface area contributed by atoms with Crippen LogP contribution in [0.5, 0.6) is 0 Å². The minimum Gasteiger partial charge on any atom is -0.380 e. The lowest BCUT2D eigenvalue weighted by atomic mass is 10.0. The van der Waals surface area contributed by atoms with E-state index in [9.17, 15) is 0 Å². The fraction of sp³-hybridized carbons (Fsp3) is 0.692. The fourth-order valence-electron chi connectivity index (χ4n) is 2.42. The fourth-order valence-corrected chi connectivity index (χ4v) is 3.69. The van der Waals surface area contributed by atoms with Gasteiger partial charge >= 0.3 is 0 Å². The summed E-state index contributed by atoms with van der Waals surface area (Å²) in [5.41, 5.74) is 6.32. The minimum atomic E-state index is 0.151. The molecule has 1 saturated heterocycles. The van der Waals surface area contributed by atoms with Crippen LogP contribution < -0.4 is 5.73 Å². The molecule has 1 fully saturated rings. The average Bonchev–Trinajstić information content (AvgIpc) is 2.64. The first-order chi connectivity index (χ1) is 8.72. The van der Waals surface area contributed by atoms with Gasteiger partial charge in [0.05, 0.1) is 17.0 Å². The number of nitrogens with zero attached hydrogens (tertiary/aromatic N) is 1. The lowest BCUT2D eigenvalue weighted by Crippen LogP contribution is -2.41. The summed E-state index contributed by atoms with van der Waals surface area (Å²) in [5, 5.41) is 0. The van der Waals surface area contributed by atoms with Gasteiger partial charge in [0.1, 0.15) is 0 Å². The molecular weight excluding hydrogens is 268 g/mol. The molecule has 1 aromatic heterocycles. The Kier molecular flexibility index (Phi) is 5.45. The summed E-state index contributed by atoms with van der Waals surface area (Å²) in [6, 6.07) is 4.50. The molecule has 2 heterocycles. The second-order valence-electron chi connectivity index (χ2n) is 4.66. The Bertz CT molecular complexity index is 364. The van der Waals surface area contributed by atoms with E-state index in [1.54, 1.807) is 11.3 Å². The van der Waals surface area contributed by atoms with E-state index in [1.807, 2.05) is 6.07 Å². The summed E-state index contributed by atoms with van der Waals surface area (Å²) < 4.78 is 6.36. The van der Waals surface area contributed by atoms with E-state index < -0.39 is 0 Å². The van der Waals surface area contributed by atoms with Crippen molar-refractivity contribution in [1.29, 1.82) is 0 Å². The van der Waals surface area contributed by atoms with Gasteiger partial charge in [-0.05, 0) is 25.0 Å². The van der Waals surface area contributed by atoms with Crippen molar-refractivity contribution in [2.75, 3.05) is 26.3 Å². The van der Waals surface area contributed by atoms with Gasteiger partial charge in [-0.3, -0.25) is 4.90 Å². The second-order valence-corrected chi connectivity index (χ2v) is 6.41. The predicted octanol–water partition coefficient (Wildman–Crippen LogP) is 2.90. The molecule has 18 heavy (non-hydrogen) atoms. The van der Waals surface area contributed by atoms with Gasteiger partial charge in [0.2, 0.25) is 0 Å². The smallest absolute Gasteiger partial charge is 0.0931 e. The number of hydrogen-bond acceptors (Lipinski definition) is 4. The first kappa shape index (κ1) is 14.3. The largest absolute Gasteiger partial charge is 0.380 e. The summed E-state index contributed by atoms with van der Waals surface area (Å²) in [4.78, 5) is 3.72. The van der Waals surface area contributed by atoms with Crippen LogP contribution in [0, 0.1) is 0 Å². The maximum atomic E-state index is 6.32. The molecule has 0 amide bonds. The van der Waals surface area contributed by atoms with Crippen LogP contribution >= 0.6 is 22.9 Å². The molecular formula is C13H21ClN2OS. The molecule has 3 nitrogen and oxygen atoms in total. The minimum absolute atomic E-state index is 0.151. The Morgan fingerprint density at radius 3 is 2.94 bits per heavy atom. The van der Waals surface area contributed by atoms with Crippen LogP contribution in [0.2, 0.25) is 4.34 Å². The van der Waals surface area contributed by atoms with E-state index in [2.05, 4.69) is 17.9 Å². The third-order valence-electron chi connectivity index (χ3n) is 3.41. The van der Waals surface area contributed by atoms with Crippen molar-refractivity contribution >= 4 is 22.9 Å². The second kappa shape index (κ2) is 6.87. The molecule has 0 saturated carbocycles. The molecule has 2 atom stereocenters. The van der Waals surface area contributed by atoms with Crippen LogP contribution in [0.25, 0.3) is 0 Å². The molecule has 2 unspecified atom stereocenters. The van der Waals surface area contributed by atoms with Crippen molar-refractivity contribution in [3.05, 3.63) is 21.3 Å². The molecule has 0 radical (unpaired) electrons. The van der Waals surface area contributed by atoms with Crippen molar-refractivity contribution in [1.82, 2.24) is 4.90 Å². The molecule has 102 valence electrons. The highest BCUT2D eigenvalue weighted by molar-refractivity contribution is 7.16. The first-order valence-electron chi connectivity index (χ1n) is 6.55. The van der Waals surface area contributed by atoms with E-state index in [0.29, 0.717) is 0 Å². The third-order valence-corrected chi connectivity index (χ3v) is 4.71. The number of ether oxygens (including phenoxy) is 1. The molecule has 1 aromatic rings. The Labute approximate surface area is 118 Å². The van der Waals surface area contributed by atoms with Crippen LogP contribution in [-0.2, 0) is 4.74 Å². The molecule has 0 aromatic carbocycles. The third kappa shape index (κ3) is 3.45. The zero-order valence-electron chi connectivity index (χ0n) is 10.8. The molecule has 0 aliphatic carbocycles. The van der Waals surface area contributed by atoms with Crippen molar-refractivity contribution in [2.24, 2.45) is 5.73 Å². The molecule has 1 aliphatic heterocycles. The number of hydrogen-bond donors (Lipinski definition) is 1. The van der Waals surface area contributed by atoms with Crippen LogP contribution in [0.15, 0.2) is 12.1 Å². The summed E-state index contributed by atoms with van der Waals surface area (Å²) in [6.07, 6.45) is 2.05. The molecule has 0 bridgehead atoms. The average molecular weight is 289 g/mol. The Morgan fingerprint density at radius 2 is 2.28 bits per heavy atom. The van der Waals surface area contributed by atoms with E-state index in [4.69, 9.17) is 22.1 Å². The molecule has 2 rings (SSSR count). The highest BCUT2D eigenvalue weighted by Crippen LogP contribution is 2.33. The quantitative estimate of drug-likeness (QED) is 0.926. The van der Waals surface area contributed by atoms with Crippen LogP contribution in [0.1, 0.15) is 30.7 Å². The van der Waals surface area contributed by atoms with Gasteiger partial charge in [0.25, 0.3) is 0 Å². The normalized spacial score (nSPS) is 21.5. The van der Waals surface area contributed by atoms with Gasteiger partial charge in [0, 0.05) is 30.6 Å². The van der Waals surface area contributed by atoms with Crippen LogP contribution in [-0.4, -0.2) is 37.2 Å². The van der Waals surface area contributed by atoms with E-state index in [0.717, 1.165) is 43.5 Å². The lowest BCUT2D eigenvalue weighted by Gasteiger charge is -2.33. The highest BCUT2D eigenvalue weighted by Gasteiger charge is 2.27. The first-order valence-corrected chi connectivity index (χ1v) is 7.74. The van der Waals surface area contributed by atoms with Crippen LogP contribution in [0.3, 0.4) is 0 Å². The number of thiophene rings is 1. The zero-order chi connectivity index (χ0) is 13.0. The summed E-state index contributed by atoms with van der Waals surface area (Å²) in [5.74, 6) is 0. The van der Waals surface area contributed by atoms with Gasteiger partial charge < -0.3 is 10.5 Å². The van der Waals surface area contributed by atoms with Crippen molar-refractivity contribution in [2.45, 2.75) is 31.8 Å². The van der Waals surface area contributed by atoms with E-state index >= 15 is 0 Å². The SMILES string of the molecule is CCC(N)C(c1ccc(Cl)s1)N1CCCOCC1. The summed E-state index contributed by atoms with van der Waals surface area (Å²) in [6.45, 7) is 5.80. The lowest BCUT2D eigenvalue weighted by molar-refractivity contribution is 0.126. The number of halogens is 1.